The van der Waals surface area contributed by atoms with E-state index in [1.54, 1.807) is 12.4 Å². The van der Waals surface area contributed by atoms with E-state index >= 15 is 0 Å². The summed E-state index contributed by atoms with van der Waals surface area (Å²) < 4.78 is 1.84. The van der Waals surface area contributed by atoms with Crippen LogP contribution in [0.2, 0.25) is 0 Å². The first-order valence-corrected chi connectivity index (χ1v) is 5.32. The molecule has 16 heavy (non-hydrogen) atoms. The normalized spacial score (nSPS) is 12.6. The highest BCUT2D eigenvalue weighted by Crippen LogP contribution is 2.15. The minimum atomic E-state index is -0.526. The first-order valence-electron chi connectivity index (χ1n) is 5.32. The summed E-state index contributed by atoms with van der Waals surface area (Å²) in [5.74, 6) is 0.705. The minimum Gasteiger partial charge on any atom is -0.385 e. The lowest BCUT2D eigenvalue weighted by atomic mass is 10.1. The average molecular weight is 217 g/mol. The third kappa shape index (κ3) is 2.46. The molecule has 0 aliphatic rings. The number of aryl methyl sites for hydroxylation is 2. The second kappa shape index (κ2) is 4.90. The summed E-state index contributed by atoms with van der Waals surface area (Å²) in [6.45, 7) is 0. The third-order valence-electron chi connectivity index (χ3n) is 2.56. The lowest BCUT2D eigenvalue weighted by molar-refractivity contribution is 0.154. The monoisotopic (exact) mass is 217 g/mol. The Labute approximate surface area is 94.6 Å². The van der Waals surface area contributed by atoms with E-state index in [2.05, 4.69) is 9.97 Å². The summed E-state index contributed by atoms with van der Waals surface area (Å²) in [5, 5.41) is 9.94. The van der Waals surface area contributed by atoms with Gasteiger partial charge < -0.3 is 9.67 Å². The molecule has 0 fully saturated rings. The summed E-state index contributed by atoms with van der Waals surface area (Å²) in [4.78, 5) is 8.34. The number of aliphatic hydroxyl groups excluding tert-OH is 1. The van der Waals surface area contributed by atoms with Gasteiger partial charge in [-0.05, 0) is 25.0 Å². The number of hydrogen-bond acceptors (Lipinski definition) is 3. The van der Waals surface area contributed by atoms with Crippen molar-refractivity contribution in [3.05, 3.63) is 48.3 Å². The fourth-order valence-electron chi connectivity index (χ4n) is 1.66. The molecule has 4 heteroatoms. The van der Waals surface area contributed by atoms with Gasteiger partial charge in [0.05, 0.1) is 0 Å². The molecule has 2 rings (SSSR count). The van der Waals surface area contributed by atoms with Gasteiger partial charge in [-0.2, -0.15) is 0 Å². The standard InChI is InChI=1S/C12H15N3O/c1-15-9-8-14-12(15)11(16)6-5-10-4-2-3-7-13-10/h2-4,7-9,11,16H,5-6H2,1H3. The van der Waals surface area contributed by atoms with Gasteiger partial charge >= 0.3 is 0 Å². The Morgan fingerprint density at radius 2 is 2.19 bits per heavy atom. The molecule has 1 N–H and O–H groups in total. The highest BCUT2D eigenvalue weighted by atomic mass is 16.3. The minimum absolute atomic E-state index is 0.526. The predicted octanol–water partition coefficient (Wildman–Crippen LogP) is 1.48. The Kier molecular flexibility index (Phi) is 3.31. The maximum atomic E-state index is 9.94. The predicted molar refractivity (Wildman–Crippen MR) is 60.7 cm³/mol. The zero-order valence-corrected chi connectivity index (χ0v) is 9.24. The van der Waals surface area contributed by atoms with E-state index in [9.17, 15) is 5.11 Å². The lowest BCUT2D eigenvalue weighted by Gasteiger charge is -2.09. The van der Waals surface area contributed by atoms with E-state index in [1.807, 2.05) is 36.0 Å². The molecule has 84 valence electrons. The van der Waals surface area contributed by atoms with Crippen LogP contribution in [0.4, 0.5) is 0 Å². The topological polar surface area (TPSA) is 50.9 Å². The third-order valence-corrected chi connectivity index (χ3v) is 2.56. The summed E-state index contributed by atoms with van der Waals surface area (Å²) in [7, 11) is 1.88. The molecule has 2 aromatic rings. The zero-order valence-electron chi connectivity index (χ0n) is 9.24. The smallest absolute Gasteiger partial charge is 0.137 e. The molecule has 2 aromatic heterocycles. The highest BCUT2D eigenvalue weighted by Gasteiger charge is 2.12. The molecular formula is C12H15N3O. The van der Waals surface area contributed by atoms with Gasteiger partial charge in [0.25, 0.3) is 0 Å². The van der Waals surface area contributed by atoms with Gasteiger partial charge in [0, 0.05) is 31.3 Å². The SMILES string of the molecule is Cn1ccnc1C(O)CCc1ccccn1. The van der Waals surface area contributed by atoms with Crippen LogP contribution in [-0.2, 0) is 13.5 Å². The molecular weight excluding hydrogens is 202 g/mol. The molecule has 0 radical (unpaired) electrons. The van der Waals surface area contributed by atoms with Crippen molar-refractivity contribution in [1.29, 1.82) is 0 Å². The molecule has 0 saturated carbocycles. The average Bonchev–Trinajstić information content (AvgIpc) is 2.74. The van der Waals surface area contributed by atoms with Gasteiger partial charge in [-0.15, -0.1) is 0 Å². The Bertz CT molecular complexity index is 439. The first kappa shape index (κ1) is 10.8. The van der Waals surface area contributed by atoms with E-state index in [-0.39, 0.29) is 0 Å². The highest BCUT2D eigenvalue weighted by molar-refractivity contribution is 5.04. The van der Waals surface area contributed by atoms with Crippen molar-refractivity contribution < 1.29 is 5.11 Å². The summed E-state index contributed by atoms with van der Waals surface area (Å²) in [6.07, 6.45) is 6.17. The fourth-order valence-corrected chi connectivity index (χ4v) is 1.66. The number of aliphatic hydroxyl groups is 1. The van der Waals surface area contributed by atoms with Crippen molar-refractivity contribution in [2.75, 3.05) is 0 Å². The van der Waals surface area contributed by atoms with Gasteiger partial charge in [-0.25, -0.2) is 4.98 Å². The molecule has 0 saturated heterocycles. The van der Waals surface area contributed by atoms with Crippen molar-refractivity contribution in [1.82, 2.24) is 14.5 Å². The van der Waals surface area contributed by atoms with Crippen LogP contribution in [0.25, 0.3) is 0 Å². The molecule has 1 atom stereocenters. The zero-order chi connectivity index (χ0) is 11.4. The summed E-state index contributed by atoms with van der Waals surface area (Å²) in [6, 6.07) is 5.80. The van der Waals surface area contributed by atoms with Gasteiger partial charge in [-0.1, -0.05) is 6.07 Å². The number of nitrogens with zero attached hydrogens (tertiary/aromatic N) is 3. The Morgan fingerprint density at radius 3 is 2.81 bits per heavy atom. The van der Waals surface area contributed by atoms with Gasteiger partial charge in [-0.3, -0.25) is 4.98 Å². The van der Waals surface area contributed by atoms with Gasteiger partial charge in [0.1, 0.15) is 11.9 Å². The van der Waals surface area contributed by atoms with E-state index < -0.39 is 6.10 Å². The Balaban J connectivity index is 1.94. The number of pyridine rings is 1. The second-order valence-electron chi connectivity index (χ2n) is 3.77. The van der Waals surface area contributed by atoms with Crippen LogP contribution in [-0.4, -0.2) is 19.6 Å². The van der Waals surface area contributed by atoms with Crippen LogP contribution in [0.3, 0.4) is 0 Å². The molecule has 2 heterocycles. The molecule has 0 bridgehead atoms. The lowest BCUT2D eigenvalue weighted by Crippen LogP contribution is -2.07. The fraction of sp³-hybridized carbons (Fsp3) is 0.333. The van der Waals surface area contributed by atoms with Crippen LogP contribution in [0.15, 0.2) is 36.8 Å². The van der Waals surface area contributed by atoms with E-state index in [1.165, 1.54) is 0 Å². The quantitative estimate of drug-likeness (QED) is 0.844. The van der Waals surface area contributed by atoms with Crippen LogP contribution < -0.4 is 0 Å². The summed E-state index contributed by atoms with van der Waals surface area (Å²) in [5.41, 5.74) is 0.996. The van der Waals surface area contributed by atoms with Crippen molar-refractivity contribution >= 4 is 0 Å². The van der Waals surface area contributed by atoms with E-state index in [4.69, 9.17) is 0 Å². The first-order chi connectivity index (χ1) is 7.77. The Hall–Kier alpha value is -1.68. The molecule has 0 spiro atoms. The van der Waals surface area contributed by atoms with E-state index in [0.29, 0.717) is 12.2 Å². The molecule has 4 nitrogen and oxygen atoms in total. The number of rotatable bonds is 4. The molecule has 0 aliphatic carbocycles. The molecule has 1 unspecified atom stereocenters. The molecule has 0 aliphatic heterocycles. The largest absolute Gasteiger partial charge is 0.385 e. The van der Waals surface area contributed by atoms with Crippen LogP contribution >= 0.6 is 0 Å². The molecule has 0 aromatic carbocycles. The Morgan fingerprint density at radius 1 is 1.31 bits per heavy atom. The maximum absolute atomic E-state index is 9.94. The summed E-state index contributed by atoms with van der Waals surface area (Å²) >= 11 is 0. The number of aromatic nitrogens is 3. The van der Waals surface area contributed by atoms with Gasteiger partial charge in [0.2, 0.25) is 0 Å². The van der Waals surface area contributed by atoms with Crippen molar-refractivity contribution in [3.63, 3.8) is 0 Å². The van der Waals surface area contributed by atoms with E-state index in [0.717, 1.165) is 12.1 Å². The van der Waals surface area contributed by atoms with Crippen molar-refractivity contribution in [2.24, 2.45) is 7.05 Å². The number of imidazole rings is 1. The van der Waals surface area contributed by atoms with Crippen LogP contribution in [0.1, 0.15) is 24.0 Å². The second-order valence-corrected chi connectivity index (χ2v) is 3.77. The van der Waals surface area contributed by atoms with Gasteiger partial charge in [0.15, 0.2) is 0 Å². The van der Waals surface area contributed by atoms with Crippen LogP contribution in [0.5, 0.6) is 0 Å². The van der Waals surface area contributed by atoms with Crippen molar-refractivity contribution in [3.8, 4) is 0 Å². The van der Waals surface area contributed by atoms with Crippen molar-refractivity contribution in [2.45, 2.75) is 18.9 Å². The van der Waals surface area contributed by atoms with Crippen LogP contribution in [0, 0.1) is 0 Å². The maximum Gasteiger partial charge on any atom is 0.137 e. The molecule has 0 amide bonds. The number of hydrogen-bond donors (Lipinski definition) is 1.